The highest BCUT2D eigenvalue weighted by Gasteiger charge is 2.07. The van der Waals surface area contributed by atoms with Crippen molar-refractivity contribution < 1.29 is 14.0 Å². The lowest BCUT2D eigenvalue weighted by atomic mass is 10.2. The number of rotatable bonds is 6. The van der Waals surface area contributed by atoms with Gasteiger partial charge in [-0.3, -0.25) is 9.59 Å². The van der Waals surface area contributed by atoms with Crippen molar-refractivity contribution in [2.75, 3.05) is 11.9 Å². The molecule has 4 nitrogen and oxygen atoms in total. The standard InChI is InChI=1S/C18H18ClFN2O2/c1-12-4-9-15(20)11-16(12)22-17(23)3-2-10-21-18(24)13-5-7-14(19)8-6-13/h4-9,11H,2-3,10H2,1H3,(H,21,24)(H,22,23). The van der Waals surface area contributed by atoms with Gasteiger partial charge in [-0.15, -0.1) is 0 Å². The van der Waals surface area contributed by atoms with Crippen LogP contribution in [0.1, 0.15) is 28.8 Å². The first-order chi connectivity index (χ1) is 11.5. The van der Waals surface area contributed by atoms with E-state index in [0.29, 0.717) is 29.2 Å². The number of amides is 2. The summed E-state index contributed by atoms with van der Waals surface area (Å²) in [6, 6.07) is 10.8. The molecule has 0 unspecified atom stereocenters. The first kappa shape index (κ1) is 17.9. The van der Waals surface area contributed by atoms with Crippen molar-refractivity contribution in [1.82, 2.24) is 5.32 Å². The maximum atomic E-state index is 13.2. The molecule has 24 heavy (non-hydrogen) atoms. The molecule has 6 heteroatoms. The molecule has 2 rings (SSSR count). The highest BCUT2D eigenvalue weighted by molar-refractivity contribution is 6.30. The monoisotopic (exact) mass is 348 g/mol. The Hall–Kier alpha value is -2.40. The molecule has 0 fully saturated rings. The molecule has 0 aromatic heterocycles. The molecule has 2 aromatic carbocycles. The average molecular weight is 349 g/mol. The Labute approximate surface area is 145 Å². The van der Waals surface area contributed by atoms with Gasteiger partial charge in [0.1, 0.15) is 5.82 Å². The molecular formula is C18H18ClFN2O2. The van der Waals surface area contributed by atoms with E-state index in [1.165, 1.54) is 12.1 Å². The molecule has 0 radical (unpaired) electrons. The number of carbonyl (C=O) groups is 2. The molecule has 126 valence electrons. The maximum absolute atomic E-state index is 13.2. The van der Waals surface area contributed by atoms with Crippen LogP contribution in [0.4, 0.5) is 10.1 Å². The molecule has 2 amide bonds. The molecule has 0 aliphatic carbocycles. The fraction of sp³-hybridized carbons (Fsp3) is 0.222. The predicted molar refractivity (Wildman–Crippen MR) is 92.8 cm³/mol. The van der Waals surface area contributed by atoms with Gasteiger partial charge in [-0.05, 0) is 55.3 Å². The van der Waals surface area contributed by atoms with Crippen molar-refractivity contribution in [3.05, 3.63) is 64.4 Å². The zero-order chi connectivity index (χ0) is 17.5. The highest BCUT2D eigenvalue weighted by Crippen LogP contribution is 2.16. The summed E-state index contributed by atoms with van der Waals surface area (Å²) >= 11 is 5.77. The predicted octanol–water partition coefficient (Wildman–Crippen LogP) is 3.94. The summed E-state index contributed by atoms with van der Waals surface area (Å²) in [7, 11) is 0. The van der Waals surface area contributed by atoms with Crippen LogP contribution in [-0.4, -0.2) is 18.4 Å². The van der Waals surface area contributed by atoms with E-state index in [4.69, 9.17) is 11.6 Å². The Bertz CT molecular complexity index is 732. The fourth-order valence-electron chi connectivity index (χ4n) is 2.10. The Balaban J connectivity index is 1.73. The second-order valence-electron chi connectivity index (χ2n) is 5.37. The van der Waals surface area contributed by atoms with E-state index in [1.54, 1.807) is 37.3 Å². The quantitative estimate of drug-likeness (QED) is 0.777. The lowest BCUT2D eigenvalue weighted by molar-refractivity contribution is -0.116. The summed E-state index contributed by atoms with van der Waals surface area (Å²) < 4.78 is 13.2. The van der Waals surface area contributed by atoms with Crippen molar-refractivity contribution >= 4 is 29.1 Å². The molecule has 2 N–H and O–H groups in total. The summed E-state index contributed by atoms with van der Waals surface area (Å²) in [4.78, 5) is 23.7. The molecule has 0 saturated heterocycles. The first-order valence-electron chi connectivity index (χ1n) is 7.55. The molecular weight excluding hydrogens is 331 g/mol. The van der Waals surface area contributed by atoms with E-state index in [0.717, 1.165) is 5.56 Å². The van der Waals surface area contributed by atoms with E-state index in [-0.39, 0.29) is 18.2 Å². The third kappa shape index (κ3) is 5.35. The average Bonchev–Trinajstić information content (AvgIpc) is 2.55. The number of hydrogen-bond donors (Lipinski definition) is 2. The number of halogens is 2. The number of aryl methyl sites for hydroxylation is 1. The Morgan fingerprint density at radius 3 is 2.54 bits per heavy atom. The van der Waals surface area contributed by atoms with Crippen molar-refractivity contribution in [3.63, 3.8) is 0 Å². The van der Waals surface area contributed by atoms with Gasteiger partial charge >= 0.3 is 0 Å². The topological polar surface area (TPSA) is 58.2 Å². The van der Waals surface area contributed by atoms with Gasteiger partial charge in [0.25, 0.3) is 5.91 Å². The molecule has 0 spiro atoms. The summed E-state index contributed by atoms with van der Waals surface area (Å²) in [5.74, 6) is -0.830. The van der Waals surface area contributed by atoms with Crippen molar-refractivity contribution in [1.29, 1.82) is 0 Å². The summed E-state index contributed by atoms with van der Waals surface area (Å²) in [6.45, 7) is 2.17. The van der Waals surface area contributed by atoms with Gasteiger partial charge in [-0.25, -0.2) is 4.39 Å². The van der Waals surface area contributed by atoms with Gasteiger partial charge in [0, 0.05) is 29.2 Å². The molecule has 2 aromatic rings. The summed E-state index contributed by atoms with van der Waals surface area (Å²) in [6.07, 6.45) is 0.719. The number of nitrogens with one attached hydrogen (secondary N) is 2. The normalized spacial score (nSPS) is 10.3. The van der Waals surface area contributed by atoms with Gasteiger partial charge in [-0.2, -0.15) is 0 Å². The van der Waals surface area contributed by atoms with E-state index in [1.807, 2.05) is 0 Å². The van der Waals surface area contributed by atoms with Crippen LogP contribution in [0, 0.1) is 12.7 Å². The number of benzene rings is 2. The third-order valence-corrected chi connectivity index (χ3v) is 3.70. The lowest BCUT2D eigenvalue weighted by Gasteiger charge is -2.09. The van der Waals surface area contributed by atoms with Gasteiger partial charge in [0.05, 0.1) is 0 Å². The van der Waals surface area contributed by atoms with E-state index < -0.39 is 5.82 Å². The van der Waals surface area contributed by atoms with E-state index in [9.17, 15) is 14.0 Å². The van der Waals surface area contributed by atoms with E-state index in [2.05, 4.69) is 10.6 Å². The molecule has 0 bridgehead atoms. The first-order valence-corrected chi connectivity index (χ1v) is 7.93. The smallest absolute Gasteiger partial charge is 0.251 e. The SMILES string of the molecule is Cc1ccc(F)cc1NC(=O)CCCNC(=O)c1ccc(Cl)cc1. The second kappa shape index (κ2) is 8.45. The fourth-order valence-corrected chi connectivity index (χ4v) is 2.22. The van der Waals surface area contributed by atoms with Crippen LogP contribution in [0.25, 0.3) is 0 Å². The minimum absolute atomic E-state index is 0.215. The van der Waals surface area contributed by atoms with Crippen molar-refractivity contribution in [3.8, 4) is 0 Å². The van der Waals surface area contributed by atoms with Gasteiger partial charge in [0.2, 0.25) is 5.91 Å². The van der Waals surface area contributed by atoms with Crippen LogP contribution in [0.2, 0.25) is 5.02 Å². The Morgan fingerprint density at radius 2 is 1.83 bits per heavy atom. The summed E-state index contributed by atoms with van der Waals surface area (Å²) in [5, 5.41) is 5.97. The van der Waals surface area contributed by atoms with Gasteiger partial charge in [-0.1, -0.05) is 17.7 Å². The largest absolute Gasteiger partial charge is 0.352 e. The zero-order valence-corrected chi connectivity index (χ0v) is 14.0. The van der Waals surface area contributed by atoms with Crippen LogP contribution in [0.15, 0.2) is 42.5 Å². The molecule has 0 heterocycles. The minimum atomic E-state index is -0.397. The summed E-state index contributed by atoms with van der Waals surface area (Å²) in [5.41, 5.74) is 1.77. The molecule has 0 aliphatic rings. The van der Waals surface area contributed by atoms with Crippen LogP contribution in [0.3, 0.4) is 0 Å². The number of anilines is 1. The second-order valence-corrected chi connectivity index (χ2v) is 5.81. The van der Waals surface area contributed by atoms with Crippen LogP contribution in [0.5, 0.6) is 0 Å². The van der Waals surface area contributed by atoms with Gasteiger partial charge in [0.15, 0.2) is 0 Å². The zero-order valence-electron chi connectivity index (χ0n) is 13.2. The number of carbonyl (C=O) groups excluding carboxylic acids is 2. The van der Waals surface area contributed by atoms with Crippen molar-refractivity contribution in [2.24, 2.45) is 0 Å². The number of hydrogen-bond acceptors (Lipinski definition) is 2. The minimum Gasteiger partial charge on any atom is -0.352 e. The lowest BCUT2D eigenvalue weighted by Crippen LogP contribution is -2.25. The van der Waals surface area contributed by atoms with Crippen LogP contribution in [-0.2, 0) is 4.79 Å². The van der Waals surface area contributed by atoms with Crippen LogP contribution < -0.4 is 10.6 Å². The molecule has 0 atom stereocenters. The Kier molecular flexibility index (Phi) is 6.32. The van der Waals surface area contributed by atoms with Crippen LogP contribution >= 0.6 is 11.6 Å². The molecule has 0 aliphatic heterocycles. The maximum Gasteiger partial charge on any atom is 0.251 e. The molecule has 0 saturated carbocycles. The van der Waals surface area contributed by atoms with E-state index >= 15 is 0 Å². The Morgan fingerprint density at radius 1 is 1.12 bits per heavy atom. The highest BCUT2D eigenvalue weighted by atomic mass is 35.5. The van der Waals surface area contributed by atoms with Gasteiger partial charge < -0.3 is 10.6 Å². The third-order valence-electron chi connectivity index (χ3n) is 3.45. The van der Waals surface area contributed by atoms with Crippen molar-refractivity contribution in [2.45, 2.75) is 19.8 Å².